The number of hydrogen-bond acceptors (Lipinski definition) is 7. The van der Waals surface area contributed by atoms with Gasteiger partial charge in [-0.3, -0.25) is 4.79 Å². The summed E-state index contributed by atoms with van der Waals surface area (Å²) < 4.78 is 11.5. The van der Waals surface area contributed by atoms with Crippen LogP contribution in [0.25, 0.3) is 12.2 Å². The fraction of sp³-hybridized carbons (Fsp3) is 0.529. The first-order valence-corrected chi connectivity index (χ1v) is 14.7. The van der Waals surface area contributed by atoms with Gasteiger partial charge in [0.1, 0.15) is 12.2 Å². The van der Waals surface area contributed by atoms with Crippen molar-refractivity contribution in [1.29, 1.82) is 0 Å². The Hall–Kier alpha value is -3.00. The summed E-state index contributed by atoms with van der Waals surface area (Å²) in [6.45, 7) is 9.55. The lowest BCUT2D eigenvalue weighted by Gasteiger charge is -2.24. The second kappa shape index (κ2) is 17.7. The van der Waals surface area contributed by atoms with Crippen molar-refractivity contribution >= 4 is 24.1 Å². The monoisotopic (exact) mass is 568 g/mol. The molecule has 226 valence electrons. The Kier molecular flexibility index (Phi) is 14.8. The third kappa shape index (κ3) is 13.5. The Morgan fingerprint density at radius 3 is 2.39 bits per heavy atom. The fourth-order valence-corrected chi connectivity index (χ4v) is 4.56. The van der Waals surface area contributed by atoms with Gasteiger partial charge in [-0.1, -0.05) is 74.9 Å². The van der Waals surface area contributed by atoms with E-state index in [9.17, 15) is 24.9 Å². The van der Waals surface area contributed by atoms with E-state index in [0.717, 1.165) is 23.1 Å². The second-order valence-electron chi connectivity index (χ2n) is 11.5. The van der Waals surface area contributed by atoms with Gasteiger partial charge in [0, 0.05) is 25.3 Å². The summed E-state index contributed by atoms with van der Waals surface area (Å²) in [4.78, 5) is 25.0. The van der Waals surface area contributed by atoms with E-state index in [2.05, 4.69) is 32.9 Å². The van der Waals surface area contributed by atoms with E-state index in [1.807, 2.05) is 43.3 Å². The van der Waals surface area contributed by atoms with E-state index >= 15 is 0 Å². The summed E-state index contributed by atoms with van der Waals surface area (Å²) in [5.41, 5.74) is 2.49. The van der Waals surface area contributed by atoms with Crippen molar-refractivity contribution in [1.82, 2.24) is 0 Å². The molecule has 0 saturated carbocycles. The third-order valence-corrected chi connectivity index (χ3v) is 7.11. The smallest absolute Gasteiger partial charge is 0.331 e. The Morgan fingerprint density at radius 2 is 1.73 bits per heavy atom. The number of aliphatic hydroxyl groups excluding tert-OH is 3. The van der Waals surface area contributed by atoms with Crippen LogP contribution in [0, 0.1) is 11.8 Å². The fourth-order valence-electron chi connectivity index (χ4n) is 4.56. The van der Waals surface area contributed by atoms with E-state index in [1.165, 1.54) is 6.08 Å². The Labute approximate surface area is 245 Å². The predicted molar refractivity (Wildman–Crippen MR) is 163 cm³/mol. The molecule has 0 aliphatic carbocycles. The summed E-state index contributed by atoms with van der Waals surface area (Å²) in [7, 11) is 0. The van der Waals surface area contributed by atoms with Crippen LogP contribution in [0.5, 0.6) is 0 Å². The van der Waals surface area contributed by atoms with Crippen LogP contribution in [0.3, 0.4) is 0 Å². The van der Waals surface area contributed by atoms with Gasteiger partial charge < -0.3 is 24.8 Å². The zero-order valence-electron chi connectivity index (χ0n) is 25.1. The Bertz CT molecular complexity index is 1080. The Balaban J connectivity index is 2.00. The number of allylic oxidation sites excluding steroid dienone is 3. The number of aliphatic hydroxyl groups is 3. The molecule has 0 unspecified atom stereocenters. The highest BCUT2D eigenvalue weighted by atomic mass is 16.5. The van der Waals surface area contributed by atoms with Gasteiger partial charge >= 0.3 is 11.9 Å². The van der Waals surface area contributed by atoms with Crippen LogP contribution in [0.2, 0.25) is 0 Å². The molecule has 1 aromatic rings. The van der Waals surface area contributed by atoms with Gasteiger partial charge in [0.05, 0.1) is 18.3 Å². The molecule has 7 nitrogen and oxygen atoms in total. The first-order valence-electron chi connectivity index (χ1n) is 14.7. The molecule has 1 heterocycles. The molecular formula is C34H48O7. The topological polar surface area (TPSA) is 113 Å². The first-order chi connectivity index (χ1) is 19.4. The van der Waals surface area contributed by atoms with Crippen molar-refractivity contribution in [3.8, 4) is 0 Å². The molecule has 0 bridgehead atoms. The van der Waals surface area contributed by atoms with Crippen LogP contribution in [0.15, 0.2) is 60.2 Å². The Morgan fingerprint density at radius 1 is 1.07 bits per heavy atom. The predicted octanol–water partition coefficient (Wildman–Crippen LogP) is 5.79. The van der Waals surface area contributed by atoms with Crippen molar-refractivity contribution in [2.24, 2.45) is 11.8 Å². The van der Waals surface area contributed by atoms with Crippen LogP contribution < -0.4 is 0 Å². The second-order valence-corrected chi connectivity index (χ2v) is 11.5. The number of ether oxygens (including phenoxy) is 2. The molecule has 1 aliphatic heterocycles. The number of cyclic esters (lactones) is 1. The minimum Gasteiger partial charge on any atom is -0.462 e. The van der Waals surface area contributed by atoms with Crippen LogP contribution in [-0.4, -0.2) is 57.8 Å². The van der Waals surface area contributed by atoms with Crippen LogP contribution in [0.1, 0.15) is 84.3 Å². The van der Waals surface area contributed by atoms with E-state index in [0.29, 0.717) is 25.7 Å². The van der Waals surface area contributed by atoms with Crippen molar-refractivity contribution in [2.75, 3.05) is 0 Å². The normalized spacial score (nSPS) is 24.4. The molecule has 6 atom stereocenters. The molecule has 3 N–H and O–H groups in total. The van der Waals surface area contributed by atoms with Gasteiger partial charge in [0.25, 0.3) is 0 Å². The zero-order valence-corrected chi connectivity index (χ0v) is 25.1. The number of esters is 2. The SMILES string of the molecule is CC(/C=C/c1cccc(/C=C/C(=O)O[C@H]2CCCC(=O)O[C@@H](C(C)C)C/C=C\C[C@@H]2C)c1)=C\[C@H](O)[C@@H](O)C[C@H](C)O. The van der Waals surface area contributed by atoms with Crippen molar-refractivity contribution in [3.63, 3.8) is 0 Å². The van der Waals surface area contributed by atoms with Gasteiger partial charge in [0.15, 0.2) is 0 Å². The molecule has 0 spiro atoms. The van der Waals surface area contributed by atoms with Crippen molar-refractivity contribution in [3.05, 3.63) is 71.3 Å². The van der Waals surface area contributed by atoms with Gasteiger partial charge in [-0.15, -0.1) is 0 Å². The molecule has 0 fully saturated rings. The van der Waals surface area contributed by atoms with Crippen molar-refractivity contribution < 1.29 is 34.4 Å². The molecule has 41 heavy (non-hydrogen) atoms. The summed E-state index contributed by atoms with van der Waals surface area (Å²) in [6, 6.07) is 7.62. The molecule has 0 radical (unpaired) electrons. The molecule has 0 saturated heterocycles. The molecule has 7 heteroatoms. The highest BCUT2D eigenvalue weighted by molar-refractivity contribution is 5.87. The van der Waals surface area contributed by atoms with Gasteiger partial charge in [-0.05, 0) is 68.2 Å². The first kappa shape index (κ1) is 34.2. The molecule has 2 rings (SSSR count). The summed E-state index contributed by atoms with van der Waals surface area (Å²) >= 11 is 0. The van der Waals surface area contributed by atoms with Gasteiger partial charge in [-0.25, -0.2) is 4.79 Å². The maximum atomic E-state index is 12.7. The van der Waals surface area contributed by atoms with Crippen LogP contribution >= 0.6 is 0 Å². The average Bonchev–Trinajstić information content (AvgIpc) is 2.90. The number of benzene rings is 1. The standard InChI is InChI=1S/C34H48O7/c1-23(2)31-13-7-6-10-25(4)32(14-9-15-33(38)40-31)41-34(39)19-18-28-12-8-11-27(22-28)17-16-24(3)20-29(36)30(37)21-26(5)35/h6-8,11-12,16-20,22-23,25-26,29-32,35-37H,9-10,13-15,21H2,1-5H3/b7-6-,17-16+,19-18+,24-20+/t25-,26-,29-,30-,31+,32-/m0/s1. The molecule has 1 aromatic carbocycles. The number of carbonyl (C=O) groups excluding carboxylic acids is 2. The highest BCUT2D eigenvalue weighted by Crippen LogP contribution is 2.22. The van der Waals surface area contributed by atoms with E-state index in [-0.39, 0.29) is 36.4 Å². The number of carbonyl (C=O) groups is 2. The molecular weight excluding hydrogens is 520 g/mol. The maximum absolute atomic E-state index is 12.7. The lowest BCUT2D eigenvalue weighted by Crippen LogP contribution is -2.27. The quantitative estimate of drug-likeness (QED) is 0.142. The van der Waals surface area contributed by atoms with Gasteiger partial charge in [-0.2, -0.15) is 0 Å². The van der Waals surface area contributed by atoms with Crippen molar-refractivity contribution in [2.45, 2.75) is 104 Å². The number of hydrogen-bond donors (Lipinski definition) is 3. The summed E-state index contributed by atoms with van der Waals surface area (Å²) in [5.74, 6) is -0.263. The molecule has 1 aliphatic rings. The van der Waals surface area contributed by atoms with Gasteiger partial charge in [0.2, 0.25) is 0 Å². The largest absolute Gasteiger partial charge is 0.462 e. The number of rotatable bonds is 10. The summed E-state index contributed by atoms with van der Waals surface area (Å²) in [6.07, 6.45) is 12.3. The minimum atomic E-state index is -1.07. The lowest BCUT2D eigenvalue weighted by molar-refractivity contribution is -0.151. The molecule has 0 amide bonds. The third-order valence-electron chi connectivity index (χ3n) is 7.11. The molecule has 0 aromatic heterocycles. The lowest BCUT2D eigenvalue weighted by atomic mass is 9.94. The van der Waals surface area contributed by atoms with E-state index < -0.39 is 24.3 Å². The maximum Gasteiger partial charge on any atom is 0.331 e. The van der Waals surface area contributed by atoms with Crippen LogP contribution in [0.4, 0.5) is 0 Å². The minimum absolute atomic E-state index is 0.0929. The zero-order chi connectivity index (χ0) is 30.4. The average molecular weight is 569 g/mol. The summed E-state index contributed by atoms with van der Waals surface area (Å²) in [5, 5.41) is 29.4. The van der Waals surface area contributed by atoms with Crippen LogP contribution in [-0.2, 0) is 19.1 Å². The highest BCUT2D eigenvalue weighted by Gasteiger charge is 2.23. The van der Waals surface area contributed by atoms with E-state index in [1.54, 1.807) is 19.1 Å². The van der Waals surface area contributed by atoms with E-state index in [4.69, 9.17) is 9.47 Å².